The van der Waals surface area contributed by atoms with Gasteiger partial charge in [0, 0.05) is 17.7 Å². The number of carbonyl (C=O) groups excluding carboxylic acids is 1. The van der Waals surface area contributed by atoms with Gasteiger partial charge in [0.1, 0.15) is 11.8 Å². The number of hydrogen-bond donors (Lipinski definition) is 2. The molecule has 3 aromatic rings. The van der Waals surface area contributed by atoms with Gasteiger partial charge in [-0.1, -0.05) is 26.0 Å². The Morgan fingerprint density at radius 2 is 1.71 bits per heavy atom. The number of carbonyl (C=O) groups is 1. The number of nitrogens with one attached hydrogen (secondary N) is 2. The zero-order valence-electron chi connectivity index (χ0n) is 18.3. The molecule has 1 atom stereocenters. The summed E-state index contributed by atoms with van der Waals surface area (Å²) < 4.78 is 5.81. The van der Waals surface area contributed by atoms with Crippen molar-refractivity contribution in [3.63, 3.8) is 0 Å². The van der Waals surface area contributed by atoms with Gasteiger partial charge in [0.15, 0.2) is 11.2 Å². The molecule has 5 nitrogen and oxygen atoms in total. The van der Waals surface area contributed by atoms with Gasteiger partial charge in [-0.15, -0.1) is 0 Å². The third kappa shape index (κ3) is 3.25. The van der Waals surface area contributed by atoms with E-state index in [2.05, 4.69) is 50.5 Å². The predicted octanol–water partition coefficient (Wildman–Crippen LogP) is 5.63. The van der Waals surface area contributed by atoms with Crippen molar-refractivity contribution in [3.8, 4) is 0 Å². The topological polar surface area (TPSA) is 71.3 Å². The second-order valence-corrected chi connectivity index (χ2v) is 9.53. The summed E-state index contributed by atoms with van der Waals surface area (Å²) in [4.78, 5) is 26.8. The van der Waals surface area contributed by atoms with Crippen molar-refractivity contribution < 1.29 is 9.21 Å². The van der Waals surface area contributed by atoms with Crippen LogP contribution in [-0.2, 0) is 4.79 Å². The largest absolute Gasteiger partial charge is 0.464 e. The highest BCUT2D eigenvalue weighted by molar-refractivity contribution is 6.01. The molecule has 158 valence electrons. The van der Waals surface area contributed by atoms with Gasteiger partial charge in [-0.2, -0.15) is 0 Å². The molecular formula is C26H26N2O3. The maximum Gasteiger partial charge on any atom is 0.198 e. The molecule has 2 aliphatic rings. The van der Waals surface area contributed by atoms with Crippen LogP contribution < -0.4 is 16.1 Å². The van der Waals surface area contributed by atoms with Crippen LogP contribution in [0.2, 0.25) is 0 Å². The highest BCUT2D eigenvalue weighted by atomic mass is 16.3. The molecular weight excluding hydrogens is 388 g/mol. The van der Waals surface area contributed by atoms with Crippen LogP contribution in [0.1, 0.15) is 49.4 Å². The van der Waals surface area contributed by atoms with Crippen LogP contribution in [0.25, 0.3) is 11.0 Å². The van der Waals surface area contributed by atoms with E-state index in [1.165, 1.54) is 11.8 Å². The molecule has 5 rings (SSSR count). The second kappa shape index (κ2) is 6.84. The van der Waals surface area contributed by atoms with Crippen LogP contribution in [0.3, 0.4) is 0 Å². The molecule has 1 aliphatic heterocycles. The highest BCUT2D eigenvalue weighted by Crippen LogP contribution is 2.45. The summed E-state index contributed by atoms with van der Waals surface area (Å²) in [6, 6.07) is 10.8. The Morgan fingerprint density at radius 1 is 1.00 bits per heavy atom. The zero-order valence-corrected chi connectivity index (χ0v) is 18.3. The first-order valence-corrected chi connectivity index (χ1v) is 10.6. The van der Waals surface area contributed by atoms with Gasteiger partial charge < -0.3 is 15.1 Å². The van der Waals surface area contributed by atoms with Crippen molar-refractivity contribution >= 4 is 28.1 Å². The number of allylic oxidation sites excluding steroid dienone is 1. The molecule has 5 heteroatoms. The minimum atomic E-state index is -0.574. The van der Waals surface area contributed by atoms with E-state index in [0.717, 1.165) is 29.1 Å². The minimum absolute atomic E-state index is 0.0602. The molecule has 2 heterocycles. The molecule has 31 heavy (non-hydrogen) atoms. The van der Waals surface area contributed by atoms with Crippen molar-refractivity contribution in [2.24, 2.45) is 5.41 Å². The number of hydrogen-bond acceptors (Lipinski definition) is 5. The van der Waals surface area contributed by atoms with Crippen LogP contribution in [-0.4, -0.2) is 5.78 Å². The van der Waals surface area contributed by atoms with Crippen molar-refractivity contribution in [1.29, 1.82) is 0 Å². The third-order valence-electron chi connectivity index (χ3n) is 6.45. The predicted molar refractivity (Wildman–Crippen MR) is 123 cm³/mol. The first-order valence-electron chi connectivity index (χ1n) is 10.6. The van der Waals surface area contributed by atoms with E-state index in [-0.39, 0.29) is 16.6 Å². The van der Waals surface area contributed by atoms with Crippen molar-refractivity contribution in [1.82, 2.24) is 0 Å². The fraction of sp³-hybridized carbons (Fsp3) is 0.308. The molecule has 0 unspecified atom stereocenters. The lowest BCUT2D eigenvalue weighted by molar-refractivity contribution is -0.118. The number of fused-ring (bicyclic) bond motifs is 2. The summed E-state index contributed by atoms with van der Waals surface area (Å²) in [7, 11) is 0. The number of ketones is 1. The van der Waals surface area contributed by atoms with E-state index in [1.807, 2.05) is 12.1 Å². The molecule has 2 aromatic carbocycles. The standard InChI is InChI=1S/C26H26N2O3/c1-14-9-18-19(10-15(14)2)28-24(23-20(27-18)11-26(3,4)12-21(23)29)17-13-31-22-8-6-5-7-16(22)25(17)30/h5-10,13,24,27-28H,11-12H2,1-4H3/t24-/m1/s1. The number of aryl methyl sites for hydroxylation is 2. The quantitative estimate of drug-likeness (QED) is 0.540. The van der Waals surface area contributed by atoms with Crippen LogP contribution in [0.4, 0.5) is 11.4 Å². The van der Waals surface area contributed by atoms with Crippen LogP contribution in [0.5, 0.6) is 0 Å². The number of Topliss-reactive ketones (excluding diaryl/α,β-unsaturated/α-hetero) is 1. The van der Waals surface area contributed by atoms with E-state index in [1.54, 1.807) is 12.1 Å². The normalized spacial score (nSPS) is 19.9. The summed E-state index contributed by atoms with van der Waals surface area (Å²) >= 11 is 0. The van der Waals surface area contributed by atoms with Gasteiger partial charge in [0.25, 0.3) is 0 Å². The molecule has 0 amide bonds. The molecule has 2 N–H and O–H groups in total. The summed E-state index contributed by atoms with van der Waals surface area (Å²) in [6.45, 7) is 8.34. The average molecular weight is 415 g/mol. The maximum atomic E-state index is 13.4. The Balaban J connectivity index is 1.76. The molecule has 0 bridgehead atoms. The number of anilines is 2. The lowest BCUT2D eigenvalue weighted by Gasteiger charge is -2.33. The first-order chi connectivity index (χ1) is 14.7. The number of rotatable bonds is 1. The Bertz CT molecular complexity index is 1330. The van der Waals surface area contributed by atoms with E-state index < -0.39 is 6.04 Å². The number of benzene rings is 2. The Kier molecular flexibility index (Phi) is 4.33. The smallest absolute Gasteiger partial charge is 0.198 e. The summed E-state index contributed by atoms with van der Waals surface area (Å²) in [5, 5.41) is 7.56. The molecule has 0 radical (unpaired) electrons. The minimum Gasteiger partial charge on any atom is -0.464 e. The lowest BCUT2D eigenvalue weighted by Crippen LogP contribution is -2.33. The SMILES string of the molecule is Cc1cc2c(cc1C)N[C@H](c1coc3ccccc3c1=O)C1=C(CC(C)(C)CC1=O)N2. The first kappa shape index (κ1) is 19.6. The monoisotopic (exact) mass is 414 g/mol. The average Bonchev–Trinajstić information content (AvgIpc) is 2.84. The van der Waals surface area contributed by atoms with Crippen molar-refractivity contribution in [2.75, 3.05) is 10.6 Å². The van der Waals surface area contributed by atoms with Gasteiger partial charge in [-0.05, 0) is 61.1 Å². The van der Waals surface area contributed by atoms with Crippen LogP contribution in [0, 0.1) is 19.3 Å². The van der Waals surface area contributed by atoms with Crippen molar-refractivity contribution in [2.45, 2.75) is 46.6 Å². The van der Waals surface area contributed by atoms with Gasteiger partial charge in [-0.25, -0.2) is 0 Å². The van der Waals surface area contributed by atoms with Gasteiger partial charge >= 0.3 is 0 Å². The summed E-state index contributed by atoms with van der Waals surface area (Å²) in [5.74, 6) is 0.0602. The molecule has 1 aliphatic carbocycles. The van der Waals surface area contributed by atoms with Crippen molar-refractivity contribution in [3.05, 3.63) is 80.8 Å². The highest BCUT2D eigenvalue weighted by Gasteiger charge is 2.39. The lowest BCUT2D eigenvalue weighted by atomic mass is 9.73. The second-order valence-electron chi connectivity index (χ2n) is 9.53. The Morgan fingerprint density at radius 3 is 2.48 bits per heavy atom. The van der Waals surface area contributed by atoms with Crippen LogP contribution in [0.15, 0.2) is 63.1 Å². The summed E-state index contributed by atoms with van der Waals surface area (Å²) in [5.41, 5.74) is 6.36. The fourth-order valence-corrected chi connectivity index (χ4v) is 4.74. The molecule has 0 spiro atoms. The molecule has 0 saturated heterocycles. The molecule has 0 fully saturated rings. The molecule has 1 aromatic heterocycles. The van der Waals surface area contributed by atoms with E-state index in [4.69, 9.17) is 4.42 Å². The zero-order chi connectivity index (χ0) is 21.9. The Labute approximate surface area is 181 Å². The number of para-hydroxylation sites is 1. The fourth-order valence-electron chi connectivity index (χ4n) is 4.74. The summed E-state index contributed by atoms with van der Waals surface area (Å²) in [6.07, 6.45) is 2.68. The third-order valence-corrected chi connectivity index (χ3v) is 6.45. The van der Waals surface area contributed by atoms with E-state index in [0.29, 0.717) is 28.5 Å². The van der Waals surface area contributed by atoms with E-state index >= 15 is 0 Å². The molecule has 0 saturated carbocycles. The maximum absolute atomic E-state index is 13.4. The Hall–Kier alpha value is -3.34. The van der Waals surface area contributed by atoms with Gasteiger partial charge in [0.2, 0.25) is 0 Å². The van der Waals surface area contributed by atoms with E-state index in [9.17, 15) is 9.59 Å². The van der Waals surface area contributed by atoms with Gasteiger partial charge in [-0.3, -0.25) is 9.59 Å². The van der Waals surface area contributed by atoms with Gasteiger partial charge in [0.05, 0.1) is 28.4 Å². The van der Waals surface area contributed by atoms with Crippen LogP contribution >= 0.6 is 0 Å².